The zero-order valence-corrected chi connectivity index (χ0v) is 10.2. The molecular formula is C11H17ClN2O2. The number of anilines is 1. The van der Waals surface area contributed by atoms with E-state index in [1.807, 2.05) is 11.9 Å². The lowest BCUT2D eigenvalue weighted by Gasteiger charge is -2.14. The summed E-state index contributed by atoms with van der Waals surface area (Å²) in [6.45, 7) is 2.40. The van der Waals surface area contributed by atoms with Crippen molar-refractivity contribution in [2.45, 2.75) is 18.7 Å². The molecule has 0 unspecified atom stereocenters. The molecule has 16 heavy (non-hydrogen) atoms. The molecule has 0 saturated heterocycles. The molecule has 1 saturated carbocycles. The van der Waals surface area contributed by atoms with Crippen molar-refractivity contribution < 1.29 is 9.15 Å². The first-order valence-corrected chi connectivity index (χ1v) is 6.12. The molecule has 0 spiro atoms. The van der Waals surface area contributed by atoms with Crippen LogP contribution in [0.2, 0.25) is 0 Å². The van der Waals surface area contributed by atoms with Gasteiger partial charge in [-0.2, -0.15) is 4.98 Å². The zero-order chi connectivity index (χ0) is 11.4. The highest BCUT2D eigenvalue weighted by Gasteiger charge is 2.21. The van der Waals surface area contributed by atoms with Crippen LogP contribution in [0.15, 0.2) is 10.7 Å². The maximum absolute atomic E-state index is 5.65. The van der Waals surface area contributed by atoms with E-state index in [0.717, 1.165) is 24.8 Å². The minimum absolute atomic E-state index is 0.384. The van der Waals surface area contributed by atoms with Crippen molar-refractivity contribution in [1.82, 2.24) is 4.98 Å². The number of halogens is 1. The van der Waals surface area contributed by atoms with Crippen LogP contribution >= 0.6 is 11.6 Å². The third-order valence-electron chi connectivity index (χ3n) is 2.62. The predicted molar refractivity (Wildman–Crippen MR) is 62.9 cm³/mol. The van der Waals surface area contributed by atoms with Crippen LogP contribution in [0.25, 0.3) is 0 Å². The maximum Gasteiger partial charge on any atom is 0.297 e. The first kappa shape index (κ1) is 11.7. The quantitative estimate of drug-likeness (QED) is 0.545. The summed E-state index contributed by atoms with van der Waals surface area (Å²) in [4.78, 5) is 6.16. The molecule has 0 atom stereocenters. The lowest BCUT2D eigenvalue weighted by Crippen LogP contribution is -2.23. The van der Waals surface area contributed by atoms with Crippen molar-refractivity contribution >= 4 is 17.6 Å². The molecule has 0 aliphatic heterocycles. The highest BCUT2D eigenvalue weighted by molar-refractivity contribution is 6.16. The minimum Gasteiger partial charge on any atom is -0.432 e. The van der Waals surface area contributed by atoms with Crippen LogP contribution in [-0.4, -0.2) is 31.8 Å². The number of rotatable bonds is 7. The number of alkyl halides is 1. The van der Waals surface area contributed by atoms with Gasteiger partial charge in [0, 0.05) is 20.2 Å². The highest BCUT2D eigenvalue weighted by atomic mass is 35.5. The van der Waals surface area contributed by atoms with Crippen LogP contribution in [0.4, 0.5) is 6.01 Å². The van der Waals surface area contributed by atoms with E-state index in [1.54, 1.807) is 6.26 Å². The van der Waals surface area contributed by atoms with Gasteiger partial charge in [0.15, 0.2) is 0 Å². The van der Waals surface area contributed by atoms with E-state index in [2.05, 4.69) is 4.98 Å². The molecule has 1 heterocycles. The van der Waals surface area contributed by atoms with Crippen molar-refractivity contribution in [3.8, 4) is 0 Å². The van der Waals surface area contributed by atoms with Gasteiger partial charge in [-0.1, -0.05) is 0 Å². The molecule has 5 heteroatoms. The Morgan fingerprint density at radius 1 is 1.62 bits per heavy atom. The molecule has 0 aromatic carbocycles. The van der Waals surface area contributed by atoms with Gasteiger partial charge in [-0.15, -0.1) is 11.6 Å². The first-order chi connectivity index (χ1) is 7.79. The standard InChI is InChI=1S/C11H17ClN2O2/c1-14(4-5-15-7-9-2-3-9)11-13-10(6-12)8-16-11/h8-9H,2-7H2,1H3. The Morgan fingerprint density at radius 3 is 3.06 bits per heavy atom. The maximum atomic E-state index is 5.65. The third kappa shape index (κ3) is 3.39. The molecular weight excluding hydrogens is 228 g/mol. The zero-order valence-electron chi connectivity index (χ0n) is 9.49. The predicted octanol–water partition coefficient (Wildman–Crippen LogP) is 2.28. The summed E-state index contributed by atoms with van der Waals surface area (Å²) >= 11 is 5.65. The molecule has 1 aromatic heterocycles. The van der Waals surface area contributed by atoms with E-state index in [9.17, 15) is 0 Å². The SMILES string of the molecule is CN(CCOCC1CC1)c1nc(CCl)co1. The van der Waals surface area contributed by atoms with Gasteiger partial charge in [0.1, 0.15) is 6.26 Å². The molecule has 0 N–H and O–H groups in total. The van der Waals surface area contributed by atoms with Crippen molar-refractivity contribution in [2.75, 3.05) is 31.7 Å². The third-order valence-corrected chi connectivity index (χ3v) is 2.90. The molecule has 0 bridgehead atoms. The van der Waals surface area contributed by atoms with Gasteiger partial charge in [0.05, 0.1) is 18.2 Å². The fraction of sp³-hybridized carbons (Fsp3) is 0.727. The second kappa shape index (κ2) is 5.55. The summed E-state index contributed by atoms with van der Waals surface area (Å²) in [7, 11) is 1.93. The van der Waals surface area contributed by atoms with Crippen molar-refractivity contribution in [3.63, 3.8) is 0 Å². The van der Waals surface area contributed by atoms with Gasteiger partial charge in [0.2, 0.25) is 0 Å². The number of likely N-dealkylation sites (N-methyl/N-ethyl adjacent to an activating group) is 1. The number of hydrogen-bond donors (Lipinski definition) is 0. The topological polar surface area (TPSA) is 38.5 Å². The molecule has 0 amide bonds. The second-order valence-electron chi connectivity index (χ2n) is 4.19. The molecule has 2 rings (SSSR count). The number of hydrogen-bond acceptors (Lipinski definition) is 4. The molecule has 0 radical (unpaired) electrons. The van der Waals surface area contributed by atoms with Gasteiger partial charge in [-0.25, -0.2) is 0 Å². The number of aromatic nitrogens is 1. The lowest BCUT2D eigenvalue weighted by atomic mass is 10.5. The van der Waals surface area contributed by atoms with Crippen LogP contribution in [0.3, 0.4) is 0 Å². The normalized spacial score (nSPS) is 15.4. The van der Waals surface area contributed by atoms with E-state index in [0.29, 0.717) is 18.5 Å². The summed E-state index contributed by atoms with van der Waals surface area (Å²) in [5, 5.41) is 0. The summed E-state index contributed by atoms with van der Waals surface area (Å²) in [6.07, 6.45) is 4.24. The molecule has 1 fully saturated rings. The Kier molecular flexibility index (Phi) is 4.07. The van der Waals surface area contributed by atoms with Crippen LogP contribution < -0.4 is 4.90 Å². The smallest absolute Gasteiger partial charge is 0.297 e. The first-order valence-electron chi connectivity index (χ1n) is 5.59. The van der Waals surface area contributed by atoms with E-state index < -0.39 is 0 Å². The van der Waals surface area contributed by atoms with Crippen molar-refractivity contribution in [3.05, 3.63) is 12.0 Å². The van der Waals surface area contributed by atoms with E-state index >= 15 is 0 Å². The van der Waals surface area contributed by atoms with E-state index in [1.165, 1.54) is 12.8 Å². The number of nitrogens with zero attached hydrogens (tertiary/aromatic N) is 2. The largest absolute Gasteiger partial charge is 0.432 e. The Bertz CT molecular complexity index is 326. The minimum atomic E-state index is 0.384. The Hall–Kier alpha value is -0.740. The molecule has 1 aromatic rings. The van der Waals surface area contributed by atoms with Crippen LogP contribution in [-0.2, 0) is 10.6 Å². The summed E-state index contributed by atoms with van der Waals surface area (Å²) in [6, 6.07) is 0.602. The average molecular weight is 245 g/mol. The summed E-state index contributed by atoms with van der Waals surface area (Å²) < 4.78 is 10.8. The molecule has 1 aliphatic carbocycles. The van der Waals surface area contributed by atoms with E-state index in [4.69, 9.17) is 20.8 Å². The van der Waals surface area contributed by atoms with Crippen LogP contribution in [0.5, 0.6) is 0 Å². The molecule has 1 aliphatic rings. The van der Waals surface area contributed by atoms with Gasteiger partial charge in [-0.05, 0) is 18.8 Å². The fourth-order valence-corrected chi connectivity index (χ4v) is 1.49. The number of ether oxygens (including phenoxy) is 1. The van der Waals surface area contributed by atoms with Gasteiger partial charge in [-0.3, -0.25) is 0 Å². The van der Waals surface area contributed by atoms with Gasteiger partial charge in [0.25, 0.3) is 6.01 Å². The van der Waals surface area contributed by atoms with Crippen molar-refractivity contribution in [1.29, 1.82) is 0 Å². The second-order valence-corrected chi connectivity index (χ2v) is 4.46. The van der Waals surface area contributed by atoms with Crippen molar-refractivity contribution in [2.24, 2.45) is 5.92 Å². The number of oxazole rings is 1. The summed E-state index contributed by atoms with van der Waals surface area (Å²) in [5.41, 5.74) is 0.766. The van der Waals surface area contributed by atoms with E-state index in [-0.39, 0.29) is 0 Å². The Labute approximate surface area is 101 Å². The summed E-state index contributed by atoms with van der Waals surface area (Å²) in [5.74, 6) is 1.20. The van der Waals surface area contributed by atoms with Crippen LogP contribution in [0.1, 0.15) is 18.5 Å². The monoisotopic (exact) mass is 244 g/mol. The molecule has 90 valence electrons. The van der Waals surface area contributed by atoms with Crippen LogP contribution in [0, 0.1) is 5.92 Å². The Balaban J connectivity index is 1.67. The molecule has 4 nitrogen and oxygen atoms in total. The van der Waals surface area contributed by atoms with Gasteiger partial charge >= 0.3 is 0 Å². The fourth-order valence-electron chi connectivity index (χ4n) is 1.36. The highest BCUT2D eigenvalue weighted by Crippen LogP contribution is 2.28. The average Bonchev–Trinajstić information content (AvgIpc) is 2.99. The Morgan fingerprint density at radius 2 is 2.44 bits per heavy atom. The van der Waals surface area contributed by atoms with Gasteiger partial charge < -0.3 is 14.1 Å². The lowest BCUT2D eigenvalue weighted by molar-refractivity contribution is 0.130.